The van der Waals surface area contributed by atoms with Crippen LogP contribution in [0.4, 0.5) is 11.4 Å². The molecule has 5 nitrogen and oxygen atoms in total. The van der Waals surface area contributed by atoms with Gasteiger partial charge >= 0.3 is 0 Å². The molecule has 0 unspecified atom stereocenters. The molecule has 0 spiro atoms. The molecule has 0 aliphatic rings. The number of carbonyl (C=O) groups excluding carboxylic acids is 1. The lowest BCUT2D eigenvalue weighted by Gasteiger charge is -2.14. The third kappa shape index (κ3) is 5.09. The van der Waals surface area contributed by atoms with Crippen molar-refractivity contribution in [2.75, 3.05) is 10.0 Å². The SMILES string of the molecule is Cc1ccc(C)c(S(=O)(=O)Nc2ccccc2C(=O)Nc2cc(Cl)cc(Cl)c2)c1. The first-order chi connectivity index (χ1) is 13.7. The molecule has 0 aliphatic carbocycles. The van der Waals surface area contributed by atoms with E-state index in [1.807, 2.05) is 13.0 Å². The zero-order valence-corrected chi connectivity index (χ0v) is 18.0. The lowest BCUT2D eigenvalue weighted by Crippen LogP contribution is -2.19. The number of halogens is 2. The highest BCUT2D eigenvalue weighted by molar-refractivity contribution is 7.92. The molecule has 3 aromatic carbocycles. The highest BCUT2D eigenvalue weighted by Gasteiger charge is 2.20. The van der Waals surface area contributed by atoms with Gasteiger partial charge in [-0.1, -0.05) is 47.5 Å². The zero-order chi connectivity index (χ0) is 21.2. The quantitative estimate of drug-likeness (QED) is 0.528. The topological polar surface area (TPSA) is 75.3 Å². The Bertz CT molecular complexity index is 1170. The summed E-state index contributed by atoms with van der Waals surface area (Å²) in [4.78, 5) is 12.9. The van der Waals surface area contributed by atoms with Gasteiger partial charge in [-0.3, -0.25) is 9.52 Å². The van der Waals surface area contributed by atoms with E-state index < -0.39 is 15.9 Å². The molecule has 0 saturated carbocycles. The van der Waals surface area contributed by atoms with Gasteiger partial charge in [0, 0.05) is 15.7 Å². The van der Waals surface area contributed by atoms with Crippen LogP contribution >= 0.6 is 23.2 Å². The number of aryl methyl sites for hydroxylation is 2. The summed E-state index contributed by atoms with van der Waals surface area (Å²) in [5.74, 6) is -0.498. The number of anilines is 2. The molecular weight excluding hydrogens is 431 g/mol. The fourth-order valence-electron chi connectivity index (χ4n) is 2.79. The van der Waals surface area contributed by atoms with Crippen molar-refractivity contribution in [2.45, 2.75) is 18.7 Å². The second-order valence-corrected chi connectivity index (χ2v) is 9.06. The highest BCUT2D eigenvalue weighted by atomic mass is 35.5. The average molecular weight is 449 g/mol. The molecule has 3 aromatic rings. The van der Waals surface area contributed by atoms with Gasteiger partial charge in [0.25, 0.3) is 15.9 Å². The minimum Gasteiger partial charge on any atom is -0.322 e. The molecule has 150 valence electrons. The van der Waals surface area contributed by atoms with E-state index in [2.05, 4.69) is 10.0 Å². The average Bonchev–Trinajstić information content (AvgIpc) is 2.63. The number of carbonyl (C=O) groups is 1. The summed E-state index contributed by atoms with van der Waals surface area (Å²) in [6, 6.07) is 16.2. The first kappa shape index (κ1) is 21.2. The lowest BCUT2D eigenvalue weighted by atomic mass is 10.1. The van der Waals surface area contributed by atoms with E-state index >= 15 is 0 Å². The van der Waals surface area contributed by atoms with Gasteiger partial charge in [0.15, 0.2) is 0 Å². The van der Waals surface area contributed by atoms with Crippen molar-refractivity contribution in [3.63, 3.8) is 0 Å². The minimum atomic E-state index is -3.88. The van der Waals surface area contributed by atoms with Crippen molar-refractivity contribution in [3.8, 4) is 0 Å². The van der Waals surface area contributed by atoms with Crippen LogP contribution in [-0.4, -0.2) is 14.3 Å². The normalized spacial score (nSPS) is 11.2. The minimum absolute atomic E-state index is 0.161. The van der Waals surface area contributed by atoms with Gasteiger partial charge in [-0.05, 0) is 61.4 Å². The molecule has 0 aromatic heterocycles. The molecule has 29 heavy (non-hydrogen) atoms. The summed E-state index contributed by atoms with van der Waals surface area (Å²) in [5, 5.41) is 3.43. The molecule has 0 heterocycles. The fourth-order valence-corrected chi connectivity index (χ4v) is 4.73. The van der Waals surface area contributed by atoms with Crippen LogP contribution in [0, 0.1) is 13.8 Å². The van der Waals surface area contributed by atoms with Gasteiger partial charge in [-0.25, -0.2) is 8.42 Å². The molecule has 1 amide bonds. The standard InChI is InChI=1S/C21H18Cl2N2O3S/c1-13-7-8-14(2)20(9-13)29(27,28)25-19-6-4-3-5-18(19)21(26)24-17-11-15(22)10-16(23)12-17/h3-12,25H,1-2H3,(H,24,26). The van der Waals surface area contributed by atoms with Gasteiger partial charge < -0.3 is 5.32 Å². The molecule has 0 bridgehead atoms. The number of para-hydroxylation sites is 1. The van der Waals surface area contributed by atoms with Gasteiger partial charge in [0.05, 0.1) is 16.1 Å². The maximum Gasteiger partial charge on any atom is 0.262 e. The summed E-state index contributed by atoms with van der Waals surface area (Å²) in [6.45, 7) is 3.53. The van der Waals surface area contributed by atoms with Gasteiger partial charge in [-0.15, -0.1) is 0 Å². The van der Waals surface area contributed by atoms with Crippen LogP contribution in [0.2, 0.25) is 10.0 Å². The van der Waals surface area contributed by atoms with Crippen LogP contribution in [0.25, 0.3) is 0 Å². The van der Waals surface area contributed by atoms with Crippen LogP contribution < -0.4 is 10.0 Å². The third-order valence-corrected chi connectivity index (χ3v) is 6.11. The highest BCUT2D eigenvalue weighted by Crippen LogP contribution is 2.26. The van der Waals surface area contributed by atoms with Gasteiger partial charge in [-0.2, -0.15) is 0 Å². The van der Waals surface area contributed by atoms with Crippen LogP contribution in [0.1, 0.15) is 21.5 Å². The van der Waals surface area contributed by atoms with Gasteiger partial charge in [0.1, 0.15) is 0 Å². The van der Waals surface area contributed by atoms with E-state index in [1.165, 1.54) is 12.1 Å². The Kier molecular flexibility index (Phi) is 6.17. The Balaban J connectivity index is 1.92. The van der Waals surface area contributed by atoms with E-state index in [4.69, 9.17) is 23.2 Å². The Hall–Kier alpha value is -2.54. The molecule has 8 heteroatoms. The summed E-state index contributed by atoms with van der Waals surface area (Å²) >= 11 is 11.9. The number of nitrogens with one attached hydrogen (secondary N) is 2. The number of sulfonamides is 1. The first-order valence-corrected chi connectivity index (χ1v) is 10.9. The number of hydrogen-bond donors (Lipinski definition) is 2. The van der Waals surface area contributed by atoms with E-state index in [1.54, 1.807) is 49.4 Å². The Morgan fingerprint density at radius 1 is 0.897 bits per heavy atom. The molecule has 3 rings (SSSR count). The predicted octanol–water partition coefficient (Wildman–Crippen LogP) is 5.66. The van der Waals surface area contributed by atoms with Crippen molar-refractivity contribution < 1.29 is 13.2 Å². The van der Waals surface area contributed by atoms with Crippen molar-refractivity contribution in [2.24, 2.45) is 0 Å². The first-order valence-electron chi connectivity index (χ1n) is 8.62. The summed E-state index contributed by atoms with van der Waals surface area (Å²) < 4.78 is 28.4. The van der Waals surface area contributed by atoms with E-state index in [0.29, 0.717) is 21.3 Å². The molecule has 0 radical (unpaired) electrons. The van der Waals surface area contributed by atoms with E-state index in [9.17, 15) is 13.2 Å². The Morgan fingerprint density at radius 3 is 2.24 bits per heavy atom. The number of rotatable bonds is 5. The number of hydrogen-bond acceptors (Lipinski definition) is 3. The van der Waals surface area contributed by atoms with Gasteiger partial charge in [0.2, 0.25) is 0 Å². The van der Waals surface area contributed by atoms with E-state index in [-0.39, 0.29) is 16.1 Å². The molecule has 0 fully saturated rings. The smallest absolute Gasteiger partial charge is 0.262 e. The molecule has 0 aliphatic heterocycles. The Morgan fingerprint density at radius 2 is 1.55 bits per heavy atom. The summed E-state index contributed by atoms with van der Waals surface area (Å²) in [5.41, 5.74) is 2.16. The zero-order valence-electron chi connectivity index (χ0n) is 15.7. The maximum atomic E-state index is 12.9. The molecular formula is C21H18Cl2N2O3S. The second-order valence-electron chi connectivity index (χ2n) is 6.53. The summed E-state index contributed by atoms with van der Waals surface area (Å²) in [7, 11) is -3.88. The van der Waals surface area contributed by atoms with Crippen molar-refractivity contribution in [1.29, 1.82) is 0 Å². The largest absolute Gasteiger partial charge is 0.322 e. The maximum absolute atomic E-state index is 12.9. The third-order valence-electron chi connectivity index (χ3n) is 4.17. The monoisotopic (exact) mass is 448 g/mol. The van der Waals surface area contributed by atoms with Crippen LogP contribution in [0.3, 0.4) is 0 Å². The van der Waals surface area contributed by atoms with Crippen molar-refractivity contribution in [3.05, 3.63) is 87.4 Å². The van der Waals surface area contributed by atoms with Crippen molar-refractivity contribution >= 4 is 50.5 Å². The van der Waals surface area contributed by atoms with Crippen LogP contribution in [0.15, 0.2) is 65.6 Å². The lowest BCUT2D eigenvalue weighted by molar-refractivity contribution is 0.102. The summed E-state index contributed by atoms with van der Waals surface area (Å²) in [6.07, 6.45) is 0. The Labute approximate surface area is 179 Å². The molecule has 2 N–H and O–H groups in total. The molecule has 0 saturated heterocycles. The van der Waals surface area contributed by atoms with E-state index in [0.717, 1.165) is 5.56 Å². The van der Waals surface area contributed by atoms with Crippen LogP contribution in [0.5, 0.6) is 0 Å². The predicted molar refractivity (Wildman–Crippen MR) is 118 cm³/mol. The fraction of sp³-hybridized carbons (Fsp3) is 0.0952. The molecule has 0 atom stereocenters. The number of benzene rings is 3. The van der Waals surface area contributed by atoms with Crippen molar-refractivity contribution in [1.82, 2.24) is 0 Å². The van der Waals surface area contributed by atoms with Crippen LogP contribution in [-0.2, 0) is 10.0 Å². The second kappa shape index (κ2) is 8.45. The number of amides is 1.